The molecule has 0 spiro atoms. The zero-order valence-electron chi connectivity index (χ0n) is 25.5. The number of fused-ring (bicyclic) bond motifs is 10. The van der Waals surface area contributed by atoms with Gasteiger partial charge in [0, 0.05) is 10.8 Å². The second-order valence-corrected chi connectivity index (χ2v) is 13.5. The zero-order valence-corrected chi connectivity index (χ0v) is 25.5. The summed E-state index contributed by atoms with van der Waals surface area (Å²) < 4.78 is 11.6. The molecule has 44 heavy (non-hydrogen) atoms. The molecule has 214 valence electrons. The number of imidazole rings is 2. The molecule has 0 aliphatic carbocycles. The molecule has 0 bridgehead atoms. The summed E-state index contributed by atoms with van der Waals surface area (Å²) in [5.74, 6) is 1.91. The first-order valence-corrected chi connectivity index (χ1v) is 15.3. The molecular weight excluding hydrogens is 540 g/mol. The van der Waals surface area contributed by atoms with E-state index in [1.807, 2.05) is 0 Å². The van der Waals surface area contributed by atoms with Gasteiger partial charge in [0.15, 0.2) is 5.58 Å². The molecule has 8 aromatic rings. The second-order valence-electron chi connectivity index (χ2n) is 13.5. The summed E-state index contributed by atoms with van der Waals surface area (Å²) in [6.45, 7) is 11.3. The third-order valence-corrected chi connectivity index (χ3v) is 9.41. The number of benzene rings is 5. The molecule has 0 radical (unpaired) electrons. The van der Waals surface area contributed by atoms with E-state index < -0.39 is 0 Å². The van der Waals surface area contributed by atoms with Crippen LogP contribution in [0, 0.1) is 0 Å². The molecule has 9 rings (SSSR count). The minimum absolute atomic E-state index is 0.0529. The summed E-state index contributed by atoms with van der Waals surface area (Å²) in [5, 5.41) is 2.15. The van der Waals surface area contributed by atoms with E-state index in [4.69, 9.17) is 14.4 Å². The molecule has 0 fully saturated rings. The highest BCUT2D eigenvalue weighted by Crippen LogP contribution is 2.47. The third kappa shape index (κ3) is 3.24. The second kappa shape index (κ2) is 8.48. The van der Waals surface area contributed by atoms with Crippen LogP contribution in [0.5, 0.6) is 0 Å². The molecule has 1 aliphatic rings. The van der Waals surface area contributed by atoms with Crippen molar-refractivity contribution >= 4 is 44.0 Å². The number of nitrogens with zero attached hydrogens (tertiary/aromatic N) is 4. The number of furan rings is 1. The van der Waals surface area contributed by atoms with Crippen LogP contribution in [0.4, 0.5) is 0 Å². The average Bonchev–Trinajstić information content (AvgIpc) is 3.75. The van der Waals surface area contributed by atoms with E-state index in [1.165, 1.54) is 16.8 Å². The van der Waals surface area contributed by atoms with Crippen LogP contribution in [-0.4, -0.2) is 19.1 Å². The molecule has 5 aromatic carbocycles. The summed E-state index contributed by atoms with van der Waals surface area (Å²) in [6.07, 6.45) is 0. The maximum Gasteiger partial charge on any atom is 0.161 e. The average molecular weight is 573 g/mol. The van der Waals surface area contributed by atoms with Crippen LogP contribution in [0.2, 0.25) is 0 Å². The number of para-hydroxylation sites is 5. The van der Waals surface area contributed by atoms with E-state index in [-0.39, 0.29) is 10.8 Å². The molecule has 0 N–H and O–H groups in total. The SMILES string of the molecule is CC(C)(C)c1ccccc1-n1c(-c2cccc3c2oc2c3ccc3nc4n(c32)-c2ccccc2C4(C)C)nc2ccccc21. The van der Waals surface area contributed by atoms with Crippen LogP contribution in [-0.2, 0) is 10.8 Å². The lowest BCUT2D eigenvalue weighted by Crippen LogP contribution is -2.16. The maximum absolute atomic E-state index is 6.99. The Bertz CT molecular complexity index is 2460. The Morgan fingerprint density at radius 1 is 0.636 bits per heavy atom. The molecule has 0 saturated heterocycles. The van der Waals surface area contributed by atoms with Crippen molar-refractivity contribution in [1.82, 2.24) is 19.1 Å². The smallest absolute Gasteiger partial charge is 0.161 e. The van der Waals surface area contributed by atoms with Gasteiger partial charge in [-0.15, -0.1) is 0 Å². The van der Waals surface area contributed by atoms with Crippen molar-refractivity contribution < 1.29 is 4.42 Å². The van der Waals surface area contributed by atoms with Gasteiger partial charge in [0.2, 0.25) is 0 Å². The standard InChI is InChI=1S/C39H32N4O/c1-38(2,3)26-15-6-9-18-30(26)42-32-20-11-8-17-28(32)40-36(42)25-14-12-13-23-24-21-22-29-33(35(24)44-34(23)25)43-31-19-10-7-16-27(31)39(4,5)37(43)41-29/h6-22H,1-5H3. The van der Waals surface area contributed by atoms with Crippen molar-refractivity contribution in [3.05, 3.63) is 120 Å². The minimum Gasteiger partial charge on any atom is -0.453 e. The number of hydrogen-bond acceptors (Lipinski definition) is 3. The number of aromatic nitrogens is 4. The van der Waals surface area contributed by atoms with Gasteiger partial charge in [0.1, 0.15) is 22.7 Å². The van der Waals surface area contributed by atoms with Gasteiger partial charge in [-0.1, -0.05) is 81.4 Å². The van der Waals surface area contributed by atoms with Crippen LogP contribution >= 0.6 is 0 Å². The van der Waals surface area contributed by atoms with Crippen molar-refractivity contribution in [3.8, 4) is 22.8 Å². The van der Waals surface area contributed by atoms with Crippen LogP contribution in [0.1, 0.15) is 51.6 Å². The lowest BCUT2D eigenvalue weighted by molar-refractivity contribution is 0.587. The van der Waals surface area contributed by atoms with Crippen LogP contribution in [0.3, 0.4) is 0 Å². The van der Waals surface area contributed by atoms with E-state index in [9.17, 15) is 0 Å². The van der Waals surface area contributed by atoms with Gasteiger partial charge in [0.25, 0.3) is 0 Å². The monoisotopic (exact) mass is 572 g/mol. The van der Waals surface area contributed by atoms with Gasteiger partial charge in [-0.3, -0.25) is 9.13 Å². The molecule has 4 heterocycles. The van der Waals surface area contributed by atoms with Crippen molar-refractivity contribution in [1.29, 1.82) is 0 Å². The fourth-order valence-electron chi connectivity index (χ4n) is 7.31. The van der Waals surface area contributed by atoms with Crippen molar-refractivity contribution in [2.45, 2.75) is 45.4 Å². The van der Waals surface area contributed by atoms with E-state index in [2.05, 4.69) is 147 Å². The molecule has 0 amide bonds. The van der Waals surface area contributed by atoms with Crippen molar-refractivity contribution in [3.63, 3.8) is 0 Å². The highest BCUT2D eigenvalue weighted by atomic mass is 16.3. The van der Waals surface area contributed by atoms with Gasteiger partial charge < -0.3 is 4.42 Å². The Hall–Kier alpha value is -5.16. The van der Waals surface area contributed by atoms with Crippen molar-refractivity contribution in [2.24, 2.45) is 0 Å². The topological polar surface area (TPSA) is 48.8 Å². The number of rotatable bonds is 2. The molecule has 0 atom stereocenters. The Kier molecular flexibility index (Phi) is 4.88. The lowest BCUT2D eigenvalue weighted by atomic mass is 9.85. The highest BCUT2D eigenvalue weighted by Gasteiger charge is 2.39. The highest BCUT2D eigenvalue weighted by molar-refractivity contribution is 6.16. The summed E-state index contributed by atoms with van der Waals surface area (Å²) in [6, 6.07) is 36.4. The summed E-state index contributed by atoms with van der Waals surface area (Å²) in [7, 11) is 0. The summed E-state index contributed by atoms with van der Waals surface area (Å²) in [4.78, 5) is 10.4. The first-order valence-electron chi connectivity index (χ1n) is 15.3. The largest absolute Gasteiger partial charge is 0.453 e. The molecular formula is C39H32N4O. The molecule has 5 heteroatoms. The quantitative estimate of drug-likeness (QED) is 0.207. The first kappa shape index (κ1) is 25.3. The number of hydrogen-bond donors (Lipinski definition) is 0. The van der Waals surface area contributed by atoms with E-state index in [1.54, 1.807) is 0 Å². The van der Waals surface area contributed by atoms with E-state index in [0.717, 1.165) is 66.9 Å². The molecule has 3 aromatic heterocycles. The third-order valence-electron chi connectivity index (χ3n) is 9.41. The van der Waals surface area contributed by atoms with Gasteiger partial charge in [-0.2, -0.15) is 0 Å². The Balaban J connectivity index is 1.38. The predicted molar refractivity (Wildman–Crippen MR) is 179 cm³/mol. The predicted octanol–water partition coefficient (Wildman–Crippen LogP) is 9.87. The lowest BCUT2D eigenvalue weighted by Gasteiger charge is -2.24. The van der Waals surface area contributed by atoms with E-state index >= 15 is 0 Å². The zero-order chi connectivity index (χ0) is 30.0. The molecule has 0 unspecified atom stereocenters. The first-order chi connectivity index (χ1) is 21.2. The van der Waals surface area contributed by atoms with Gasteiger partial charge in [-0.25, -0.2) is 9.97 Å². The molecule has 0 saturated carbocycles. The van der Waals surface area contributed by atoms with Crippen LogP contribution < -0.4 is 0 Å². The minimum atomic E-state index is -0.204. The fourth-order valence-corrected chi connectivity index (χ4v) is 7.31. The Labute approximate surface area is 255 Å². The Morgan fingerprint density at radius 3 is 2.20 bits per heavy atom. The van der Waals surface area contributed by atoms with Crippen LogP contribution in [0.25, 0.3) is 66.8 Å². The summed E-state index contributed by atoms with van der Waals surface area (Å²) in [5.41, 5.74) is 11.2. The normalized spacial score (nSPS) is 14.2. The van der Waals surface area contributed by atoms with Crippen LogP contribution in [0.15, 0.2) is 108 Å². The van der Waals surface area contributed by atoms with Gasteiger partial charge >= 0.3 is 0 Å². The fraction of sp³-hybridized carbons (Fsp3) is 0.179. The van der Waals surface area contributed by atoms with E-state index in [0.29, 0.717) is 0 Å². The Morgan fingerprint density at radius 2 is 1.36 bits per heavy atom. The molecule has 5 nitrogen and oxygen atoms in total. The summed E-state index contributed by atoms with van der Waals surface area (Å²) >= 11 is 0. The molecule has 1 aliphatic heterocycles. The maximum atomic E-state index is 6.99. The van der Waals surface area contributed by atoms with Crippen molar-refractivity contribution in [2.75, 3.05) is 0 Å². The van der Waals surface area contributed by atoms with Gasteiger partial charge in [0.05, 0.1) is 38.9 Å². The van der Waals surface area contributed by atoms with Gasteiger partial charge in [-0.05, 0) is 72.9 Å².